The molecule has 0 bridgehead atoms. The Morgan fingerprint density at radius 1 is 1.14 bits per heavy atom. The van der Waals surface area contributed by atoms with Crippen LogP contribution in [0.15, 0.2) is 46.4 Å². The van der Waals surface area contributed by atoms with Gasteiger partial charge >= 0.3 is 5.97 Å². The quantitative estimate of drug-likeness (QED) is 0.666. The molecule has 1 atom stereocenters. The van der Waals surface area contributed by atoms with Crippen LogP contribution < -0.4 is 16.4 Å². The van der Waals surface area contributed by atoms with Crippen LogP contribution in [-0.4, -0.2) is 13.1 Å². The first-order valence-corrected chi connectivity index (χ1v) is 6.58. The van der Waals surface area contributed by atoms with Crippen LogP contribution in [0.4, 0.5) is 5.69 Å². The number of esters is 1. The normalized spacial score (nSPS) is 15.8. The summed E-state index contributed by atoms with van der Waals surface area (Å²) >= 11 is 0. The van der Waals surface area contributed by atoms with Crippen LogP contribution >= 0.6 is 0 Å². The predicted octanol–water partition coefficient (Wildman–Crippen LogP) is 1.32. The minimum Gasteiger partial charge on any atom is -0.465 e. The lowest BCUT2D eigenvalue weighted by molar-refractivity contribution is 0.0600. The topological polar surface area (TPSA) is 77.0 Å². The third-order valence-electron chi connectivity index (χ3n) is 3.52. The number of benzene rings is 2. The van der Waals surface area contributed by atoms with Crippen molar-refractivity contribution in [2.75, 3.05) is 12.8 Å². The van der Waals surface area contributed by atoms with Gasteiger partial charge in [-0.25, -0.2) is 4.79 Å². The third kappa shape index (κ3) is 2.38. The second-order valence-corrected chi connectivity index (χ2v) is 4.94. The van der Waals surface area contributed by atoms with Crippen molar-refractivity contribution >= 4 is 11.7 Å². The molecule has 0 spiro atoms. The van der Waals surface area contributed by atoms with E-state index in [0.717, 1.165) is 27.5 Å². The molecule has 106 valence electrons. The predicted molar refractivity (Wildman–Crippen MR) is 78.4 cm³/mol. The van der Waals surface area contributed by atoms with Gasteiger partial charge in [0.05, 0.1) is 23.4 Å². The van der Waals surface area contributed by atoms with Gasteiger partial charge in [0.1, 0.15) is 0 Å². The van der Waals surface area contributed by atoms with Crippen molar-refractivity contribution in [1.82, 2.24) is 0 Å². The van der Waals surface area contributed by atoms with Crippen LogP contribution in [0.3, 0.4) is 0 Å². The van der Waals surface area contributed by atoms with Crippen molar-refractivity contribution in [3.63, 3.8) is 0 Å². The van der Waals surface area contributed by atoms with Crippen molar-refractivity contribution in [3.05, 3.63) is 63.8 Å². The average molecular weight is 281 g/mol. The molecule has 1 heterocycles. The van der Waals surface area contributed by atoms with E-state index in [4.69, 9.17) is 5.73 Å². The van der Waals surface area contributed by atoms with Gasteiger partial charge in [0.15, 0.2) is 6.17 Å². The Morgan fingerprint density at radius 3 is 2.38 bits per heavy atom. The second-order valence-electron chi connectivity index (χ2n) is 4.94. The summed E-state index contributed by atoms with van der Waals surface area (Å²) in [5, 5.41) is 1.66. The highest BCUT2D eigenvalue weighted by Gasteiger charge is 2.14. The highest BCUT2D eigenvalue weighted by atomic mass is 16.5. The van der Waals surface area contributed by atoms with E-state index in [1.807, 2.05) is 31.2 Å². The molecule has 0 saturated heterocycles. The van der Waals surface area contributed by atoms with Gasteiger partial charge in [0.25, 0.3) is 0 Å². The van der Waals surface area contributed by atoms with E-state index in [-0.39, 0.29) is 12.1 Å². The summed E-state index contributed by atoms with van der Waals surface area (Å²) in [6, 6.07) is 10.9. The molecular formula is C16H15N3O2. The molecule has 0 saturated carbocycles. The van der Waals surface area contributed by atoms with E-state index >= 15 is 0 Å². The van der Waals surface area contributed by atoms with Crippen LogP contribution in [0.2, 0.25) is 0 Å². The molecule has 2 N–H and O–H groups in total. The number of anilines is 1. The number of nitrogen functional groups attached to an aromatic ring is 1. The first kappa shape index (κ1) is 13.3. The summed E-state index contributed by atoms with van der Waals surface area (Å²) in [5.74, 6) is -0.353. The third-order valence-corrected chi connectivity index (χ3v) is 3.52. The molecule has 2 aromatic carbocycles. The Balaban J connectivity index is 1.96. The Kier molecular flexibility index (Phi) is 3.17. The van der Waals surface area contributed by atoms with Gasteiger partial charge in [-0.15, -0.1) is 0 Å². The first-order valence-electron chi connectivity index (χ1n) is 6.58. The van der Waals surface area contributed by atoms with E-state index in [9.17, 15) is 4.79 Å². The van der Waals surface area contributed by atoms with Gasteiger partial charge in [-0.3, -0.25) is 9.98 Å². The van der Waals surface area contributed by atoms with Gasteiger partial charge in [-0.2, -0.15) is 0 Å². The highest BCUT2D eigenvalue weighted by molar-refractivity contribution is 5.89. The second kappa shape index (κ2) is 5.01. The smallest absolute Gasteiger partial charge is 0.337 e. The zero-order chi connectivity index (χ0) is 15.0. The summed E-state index contributed by atoms with van der Waals surface area (Å²) in [6.45, 7) is 1.95. The molecule has 5 nitrogen and oxygen atoms in total. The molecule has 0 radical (unpaired) electrons. The van der Waals surface area contributed by atoms with Gasteiger partial charge in [-0.05, 0) is 42.3 Å². The van der Waals surface area contributed by atoms with E-state index in [2.05, 4.69) is 14.7 Å². The number of ether oxygens (including phenoxy) is 1. The lowest BCUT2D eigenvalue weighted by Crippen LogP contribution is -2.22. The van der Waals surface area contributed by atoms with Gasteiger partial charge in [-0.1, -0.05) is 12.1 Å². The zero-order valence-electron chi connectivity index (χ0n) is 11.8. The fourth-order valence-electron chi connectivity index (χ4n) is 2.25. The van der Waals surface area contributed by atoms with Gasteiger partial charge in [0, 0.05) is 5.69 Å². The summed E-state index contributed by atoms with van der Waals surface area (Å²) < 4.78 is 4.68. The minimum absolute atomic E-state index is 0.284. The van der Waals surface area contributed by atoms with Crippen LogP contribution in [0.5, 0.6) is 0 Å². The van der Waals surface area contributed by atoms with Crippen LogP contribution in [-0.2, 0) is 4.74 Å². The van der Waals surface area contributed by atoms with E-state index in [1.165, 1.54) is 7.11 Å². The monoisotopic (exact) mass is 281 g/mol. The number of hydrogen-bond donors (Lipinski definition) is 1. The molecule has 0 unspecified atom stereocenters. The number of aryl methyl sites for hydroxylation is 1. The Labute approximate surface area is 121 Å². The number of carbonyl (C=O) groups is 1. The average Bonchev–Trinajstić information content (AvgIpc) is 2.90. The molecule has 1 aliphatic rings. The molecule has 0 amide bonds. The zero-order valence-corrected chi connectivity index (χ0v) is 11.8. The SMILES string of the molecule is COC(=O)c1ccc([C@H]2N=c3cc(C)c(N)cc3=N2)cc1. The van der Waals surface area contributed by atoms with Crippen LogP contribution in [0, 0.1) is 6.92 Å². The van der Waals surface area contributed by atoms with Crippen LogP contribution in [0.25, 0.3) is 0 Å². The Bertz CT molecular complexity index is 785. The van der Waals surface area contributed by atoms with Crippen molar-refractivity contribution < 1.29 is 9.53 Å². The van der Waals surface area contributed by atoms with Crippen LogP contribution in [0.1, 0.15) is 27.7 Å². The number of nitrogens with zero attached hydrogens (tertiary/aromatic N) is 2. The Hall–Kier alpha value is -2.69. The summed E-state index contributed by atoms with van der Waals surface area (Å²) in [7, 11) is 1.36. The van der Waals surface area contributed by atoms with Gasteiger partial charge in [0.2, 0.25) is 0 Å². The number of fused-ring (bicyclic) bond motifs is 1. The summed E-state index contributed by atoms with van der Waals surface area (Å²) in [5.41, 5.74) is 9.04. The standard InChI is InChI=1S/C16H15N3O2/c1-9-7-13-14(8-12(9)17)19-15(18-13)10-3-5-11(6-4-10)16(20)21-2/h3-8,15H,17H2,1-2H3/t15-/m0/s1. The van der Waals surface area contributed by atoms with E-state index < -0.39 is 0 Å². The maximum Gasteiger partial charge on any atom is 0.337 e. The number of nitrogens with two attached hydrogens (primary N) is 1. The van der Waals surface area contributed by atoms with Crippen molar-refractivity contribution in [2.24, 2.45) is 9.98 Å². The lowest BCUT2D eigenvalue weighted by Gasteiger charge is -2.05. The molecule has 1 aliphatic heterocycles. The summed E-state index contributed by atoms with van der Waals surface area (Å²) in [6.07, 6.45) is -0.284. The van der Waals surface area contributed by atoms with E-state index in [1.54, 1.807) is 12.1 Å². The van der Waals surface area contributed by atoms with E-state index in [0.29, 0.717) is 5.56 Å². The highest BCUT2D eigenvalue weighted by Crippen LogP contribution is 2.20. The molecule has 0 fully saturated rings. The van der Waals surface area contributed by atoms with Crippen molar-refractivity contribution in [3.8, 4) is 0 Å². The molecule has 21 heavy (non-hydrogen) atoms. The maximum absolute atomic E-state index is 11.4. The molecule has 5 heteroatoms. The Morgan fingerprint density at radius 2 is 1.76 bits per heavy atom. The molecule has 0 aromatic heterocycles. The first-order chi connectivity index (χ1) is 10.1. The van der Waals surface area contributed by atoms with Crippen molar-refractivity contribution in [2.45, 2.75) is 13.1 Å². The van der Waals surface area contributed by atoms with Crippen molar-refractivity contribution in [1.29, 1.82) is 0 Å². The molecule has 3 rings (SSSR count). The number of methoxy groups -OCH3 is 1. The lowest BCUT2D eigenvalue weighted by atomic mass is 10.1. The number of carbonyl (C=O) groups excluding carboxylic acids is 1. The van der Waals surface area contributed by atoms with Gasteiger partial charge < -0.3 is 10.5 Å². The fraction of sp³-hybridized carbons (Fsp3) is 0.188. The fourth-order valence-corrected chi connectivity index (χ4v) is 2.25. The molecular weight excluding hydrogens is 266 g/mol. The number of rotatable bonds is 2. The maximum atomic E-state index is 11.4. The largest absolute Gasteiger partial charge is 0.465 e. The molecule has 0 aliphatic carbocycles. The number of hydrogen-bond acceptors (Lipinski definition) is 5. The summed E-state index contributed by atoms with van der Waals surface area (Å²) in [4.78, 5) is 20.6. The minimum atomic E-state index is -0.353. The molecule has 2 aromatic rings.